The molecule has 6 rings (SSSR count). The minimum Gasteiger partial charge on any atom is -0.346 e. The van der Waals surface area contributed by atoms with Gasteiger partial charge in [-0.15, -0.1) is 11.3 Å². The second-order valence-electron chi connectivity index (χ2n) is 9.64. The van der Waals surface area contributed by atoms with Crippen molar-refractivity contribution in [3.05, 3.63) is 39.7 Å². The number of fused-ring (bicyclic) bond motifs is 4. The summed E-state index contributed by atoms with van der Waals surface area (Å²) in [7, 11) is 0. The molecule has 1 saturated heterocycles. The van der Waals surface area contributed by atoms with E-state index >= 15 is 0 Å². The Morgan fingerprint density at radius 2 is 1.97 bits per heavy atom. The molecule has 4 aromatic rings. The van der Waals surface area contributed by atoms with Crippen LogP contribution in [0.5, 0.6) is 0 Å². The van der Waals surface area contributed by atoms with E-state index in [1.54, 1.807) is 11.2 Å². The van der Waals surface area contributed by atoms with Crippen molar-refractivity contribution in [2.75, 3.05) is 6.54 Å². The zero-order chi connectivity index (χ0) is 20.7. The molecule has 1 aliphatic heterocycles. The van der Waals surface area contributed by atoms with Crippen LogP contribution in [0.3, 0.4) is 0 Å². The van der Waals surface area contributed by atoms with E-state index in [0.29, 0.717) is 17.9 Å². The van der Waals surface area contributed by atoms with E-state index in [2.05, 4.69) is 61.2 Å². The van der Waals surface area contributed by atoms with Crippen molar-refractivity contribution in [3.63, 3.8) is 0 Å². The number of rotatable bonds is 3. The molecule has 0 radical (unpaired) electrons. The van der Waals surface area contributed by atoms with Crippen molar-refractivity contribution in [2.45, 2.75) is 65.3 Å². The fourth-order valence-electron chi connectivity index (χ4n) is 5.99. The summed E-state index contributed by atoms with van der Waals surface area (Å²) < 4.78 is 1.91. The maximum Gasteiger partial charge on any atom is 0.158 e. The molecule has 0 spiro atoms. The van der Waals surface area contributed by atoms with E-state index < -0.39 is 0 Å². The van der Waals surface area contributed by atoms with Crippen molar-refractivity contribution in [1.82, 2.24) is 24.9 Å². The van der Waals surface area contributed by atoms with Gasteiger partial charge >= 0.3 is 0 Å². The third-order valence-electron chi connectivity index (χ3n) is 7.60. The number of nitrogens with zero attached hydrogens (tertiary/aromatic N) is 3. The van der Waals surface area contributed by atoms with Crippen LogP contribution in [-0.4, -0.2) is 32.2 Å². The Bertz CT molecular complexity index is 1290. The van der Waals surface area contributed by atoms with Gasteiger partial charge < -0.3 is 10.3 Å². The van der Waals surface area contributed by atoms with Gasteiger partial charge in [0.05, 0.1) is 5.69 Å². The van der Waals surface area contributed by atoms with Crippen LogP contribution >= 0.6 is 11.3 Å². The maximum absolute atomic E-state index is 4.43. The summed E-state index contributed by atoms with van der Waals surface area (Å²) in [6.45, 7) is 12.6. The van der Waals surface area contributed by atoms with Gasteiger partial charge in [-0.3, -0.25) is 0 Å². The molecule has 1 aliphatic carbocycles. The highest BCUT2D eigenvalue weighted by molar-refractivity contribution is 7.19. The van der Waals surface area contributed by atoms with Crippen LogP contribution in [0.1, 0.15) is 65.7 Å². The van der Waals surface area contributed by atoms with Crippen molar-refractivity contribution in [2.24, 2.45) is 5.92 Å². The molecule has 2 fully saturated rings. The van der Waals surface area contributed by atoms with Gasteiger partial charge in [0.25, 0.3) is 0 Å². The minimum absolute atomic E-state index is 0.444. The van der Waals surface area contributed by atoms with Crippen LogP contribution in [0.4, 0.5) is 0 Å². The molecule has 2 bridgehead atoms. The largest absolute Gasteiger partial charge is 0.346 e. The topological polar surface area (TPSA) is 58.0 Å². The number of aryl methyl sites for hydroxylation is 2. The zero-order valence-corrected chi connectivity index (χ0v) is 19.2. The lowest BCUT2D eigenvalue weighted by atomic mass is 9.91. The van der Waals surface area contributed by atoms with Crippen molar-refractivity contribution >= 4 is 27.2 Å². The number of aromatic amines is 1. The first-order valence-electron chi connectivity index (χ1n) is 11.1. The summed E-state index contributed by atoms with van der Waals surface area (Å²) in [4.78, 5) is 11.2. The third kappa shape index (κ3) is 2.44. The van der Waals surface area contributed by atoms with Gasteiger partial charge in [0.15, 0.2) is 5.65 Å². The van der Waals surface area contributed by atoms with Crippen LogP contribution in [0.15, 0.2) is 12.5 Å². The molecule has 5 heterocycles. The van der Waals surface area contributed by atoms with Gasteiger partial charge in [-0.2, -0.15) is 5.10 Å². The third-order valence-corrected chi connectivity index (χ3v) is 8.94. The van der Waals surface area contributed by atoms with Gasteiger partial charge in [0, 0.05) is 34.0 Å². The number of pyridine rings is 1. The van der Waals surface area contributed by atoms with Crippen LogP contribution in [-0.2, 0) is 0 Å². The summed E-state index contributed by atoms with van der Waals surface area (Å²) in [6.07, 6.45) is 6.49. The highest BCUT2D eigenvalue weighted by atomic mass is 32.1. The van der Waals surface area contributed by atoms with Gasteiger partial charge in [-0.25, -0.2) is 9.50 Å². The van der Waals surface area contributed by atoms with Gasteiger partial charge in [-0.05, 0) is 74.2 Å². The lowest BCUT2D eigenvalue weighted by molar-refractivity contribution is 0.452. The molecule has 2 aliphatic rings. The molecule has 0 aromatic carbocycles. The van der Waals surface area contributed by atoms with Gasteiger partial charge in [-0.1, -0.05) is 13.8 Å². The lowest BCUT2D eigenvalue weighted by Crippen LogP contribution is -2.31. The number of nitrogens with one attached hydrogen (secondary N) is 2. The SMILES string of the molecule is Cc1c(-c2[nH]c3sc(C4C[C@@H]5CNC4C5)c(C)c3c2C(C)C)cn2ncnc2c1C. The molecule has 2 unspecified atom stereocenters. The van der Waals surface area contributed by atoms with E-state index in [9.17, 15) is 0 Å². The Hall–Kier alpha value is -2.18. The molecule has 2 N–H and O–H groups in total. The molecule has 3 atom stereocenters. The van der Waals surface area contributed by atoms with E-state index in [1.807, 2.05) is 15.9 Å². The Labute approximate surface area is 180 Å². The lowest BCUT2D eigenvalue weighted by Gasteiger charge is -2.22. The average molecular weight is 420 g/mol. The van der Waals surface area contributed by atoms with Crippen LogP contribution in [0.25, 0.3) is 27.1 Å². The van der Waals surface area contributed by atoms with Gasteiger partial charge in [0.1, 0.15) is 11.2 Å². The Morgan fingerprint density at radius 1 is 1.13 bits per heavy atom. The smallest absolute Gasteiger partial charge is 0.158 e. The first kappa shape index (κ1) is 18.6. The predicted octanol–water partition coefficient (Wildman–Crippen LogP) is 5.45. The highest BCUT2D eigenvalue weighted by Crippen LogP contribution is 2.50. The highest BCUT2D eigenvalue weighted by Gasteiger charge is 2.42. The second kappa shape index (κ2) is 6.41. The molecule has 6 heteroatoms. The Balaban J connectivity index is 1.56. The molecule has 5 nitrogen and oxygen atoms in total. The number of thiophene rings is 1. The van der Waals surface area contributed by atoms with E-state index in [-0.39, 0.29) is 0 Å². The summed E-state index contributed by atoms with van der Waals surface area (Å²) >= 11 is 1.99. The molecule has 0 amide bonds. The monoisotopic (exact) mass is 419 g/mol. The quantitative estimate of drug-likeness (QED) is 0.464. The Morgan fingerprint density at radius 3 is 2.67 bits per heavy atom. The molecule has 4 aromatic heterocycles. The van der Waals surface area contributed by atoms with E-state index in [0.717, 1.165) is 11.6 Å². The van der Waals surface area contributed by atoms with Crippen LogP contribution < -0.4 is 5.32 Å². The number of hydrogen-bond acceptors (Lipinski definition) is 4. The summed E-state index contributed by atoms with van der Waals surface area (Å²) in [6, 6.07) is 0.679. The van der Waals surface area contributed by atoms with Crippen molar-refractivity contribution in [1.29, 1.82) is 0 Å². The zero-order valence-electron chi connectivity index (χ0n) is 18.3. The average Bonchev–Trinajstić information content (AvgIpc) is 3.50. The normalized spacial score (nSPS) is 23.6. The van der Waals surface area contributed by atoms with Crippen molar-refractivity contribution in [3.8, 4) is 11.3 Å². The first-order chi connectivity index (χ1) is 14.4. The fraction of sp³-hybridized carbons (Fsp3) is 0.500. The summed E-state index contributed by atoms with van der Waals surface area (Å²) in [5, 5.41) is 9.62. The number of hydrogen-bond donors (Lipinski definition) is 2. The fourth-order valence-corrected chi connectivity index (χ4v) is 7.39. The molecule has 30 heavy (non-hydrogen) atoms. The molecular weight excluding hydrogens is 390 g/mol. The standard InChI is InChI=1S/C24H29N5S/c1-11(2)19-20-14(5)22(16-6-15-7-18(16)25-8-15)30-24(20)28-21(19)17-9-29-23(26-10-27-29)13(4)12(17)3/h9-11,15-16,18,25,28H,6-8H2,1-5H3/t15-,16?,18?/m0/s1. The van der Waals surface area contributed by atoms with Crippen LogP contribution in [0.2, 0.25) is 0 Å². The predicted molar refractivity (Wildman–Crippen MR) is 124 cm³/mol. The van der Waals surface area contributed by atoms with Crippen molar-refractivity contribution < 1.29 is 0 Å². The number of piperidine rings is 1. The summed E-state index contributed by atoms with van der Waals surface area (Å²) in [5.41, 5.74) is 8.85. The van der Waals surface area contributed by atoms with Gasteiger partial charge in [0.2, 0.25) is 0 Å². The number of H-pyrrole nitrogens is 1. The maximum atomic E-state index is 4.43. The van der Waals surface area contributed by atoms with E-state index in [1.165, 1.54) is 63.1 Å². The van der Waals surface area contributed by atoms with Crippen LogP contribution in [0, 0.1) is 26.7 Å². The molecule has 156 valence electrons. The Kier molecular flexibility index (Phi) is 3.97. The molecule has 1 saturated carbocycles. The van der Waals surface area contributed by atoms with E-state index in [4.69, 9.17) is 0 Å². The summed E-state index contributed by atoms with van der Waals surface area (Å²) in [5.74, 6) is 2.01. The minimum atomic E-state index is 0.444. The molecular formula is C24H29N5S. The second-order valence-corrected chi connectivity index (χ2v) is 10.7. The first-order valence-corrected chi connectivity index (χ1v) is 11.9. The number of aromatic nitrogens is 4.